The van der Waals surface area contributed by atoms with Crippen molar-refractivity contribution in [2.75, 3.05) is 5.32 Å². The van der Waals surface area contributed by atoms with Crippen LogP contribution in [-0.2, 0) is 0 Å². The summed E-state index contributed by atoms with van der Waals surface area (Å²) in [4.78, 5) is 3.99. The molecule has 1 N–H and O–H groups in total. The molecule has 19 heavy (non-hydrogen) atoms. The topological polar surface area (TPSA) is 48.7 Å². The van der Waals surface area contributed by atoms with Crippen molar-refractivity contribution in [3.8, 4) is 6.07 Å². The summed E-state index contributed by atoms with van der Waals surface area (Å²) in [5.41, 5.74) is 0.311. The summed E-state index contributed by atoms with van der Waals surface area (Å²) in [6, 6.07) is 5.90. The number of aromatic nitrogens is 1. The first kappa shape index (κ1) is 12.9. The molecular weight excluding hydrogens is 255 g/mol. The van der Waals surface area contributed by atoms with Crippen molar-refractivity contribution < 1.29 is 13.2 Å². The van der Waals surface area contributed by atoms with Crippen molar-refractivity contribution in [2.45, 2.75) is 6.92 Å². The van der Waals surface area contributed by atoms with Crippen LogP contribution in [0, 0.1) is 35.7 Å². The molecule has 0 atom stereocenters. The predicted octanol–water partition coefficient (Wildman–Crippen LogP) is 3.42. The zero-order valence-electron chi connectivity index (χ0n) is 9.84. The quantitative estimate of drug-likeness (QED) is 0.903. The van der Waals surface area contributed by atoms with Gasteiger partial charge < -0.3 is 5.32 Å². The van der Waals surface area contributed by atoms with Gasteiger partial charge in [-0.2, -0.15) is 5.26 Å². The van der Waals surface area contributed by atoms with Gasteiger partial charge >= 0.3 is 0 Å². The second kappa shape index (κ2) is 4.98. The Morgan fingerprint density at radius 2 is 1.74 bits per heavy atom. The van der Waals surface area contributed by atoms with Gasteiger partial charge in [0, 0.05) is 17.8 Å². The summed E-state index contributed by atoms with van der Waals surface area (Å²) >= 11 is 0. The molecule has 1 aromatic heterocycles. The van der Waals surface area contributed by atoms with Crippen LogP contribution in [0.4, 0.5) is 24.7 Å². The molecule has 0 spiro atoms. The standard InChI is InChI=1S/C13H8F3N3/c1-7-2-8(6-17)3-12(18-7)19-13-10(15)4-9(14)5-11(13)16/h2-5H,1H3,(H,18,19). The highest BCUT2D eigenvalue weighted by Crippen LogP contribution is 2.24. The average molecular weight is 263 g/mol. The summed E-state index contributed by atoms with van der Waals surface area (Å²) in [6.45, 7) is 1.64. The molecule has 1 aromatic carbocycles. The molecular formula is C13H8F3N3. The molecule has 0 aliphatic rings. The molecule has 3 nitrogen and oxygen atoms in total. The van der Waals surface area contributed by atoms with Gasteiger partial charge in [-0.1, -0.05) is 0 Å². The molecule has 0 amide bonds. The van der Waals surface area contributed by atoms with Crippen LogP contribution in [0.2, 0.25) is 0 Å². The Labute approximate surface area is 107 Å². The number of pyridine rings is 1. The molecule has 0 aliphatic carbocycles. The van der Waals surface area contributed by atoms with Crippen molar-refractivity contribution >= 4 is 11.5 Å². The summed E-state index contributed by atoms with van der Waals surface area (Å²) in [5.74, 6) is -3.03. The van der Waals surface area contributed by atoms with E-state index in [0.29, 0.717) is 23.4 Å². The molecule has 96 valence electrons. The lowest BCUT2D eigenvalue weighted by Gasteiger charge is -2.09. The maximum atomic E-state index is 13.4. The highest BCUT2D eigenvalue weighted by molar-refractivity contribution is 5.59. The van der Waals surface area contributed by atoms with Gasteiger partial charge in [-0.3, -0.25) is 0 Å². The van der Waals surface area contributed by atoms with E-state index in [4.69, 9.17) is 5.26 Å². The van der Waals surface area contributed by atoms with Crippen LogP contribution in [0.25, 0.3) is 0 Å². The maximum absolute atomic E-state index is 13.4. The largest absolute Gasteiger partial charge is 0.335 e. The minimum Gasteiger partial charge on any atom is -0.335 e. The second-order valence-corrected chi connectivity index (χ2v) is 3.86. The lowest BCUT2D eigenvalue weighted by atomic mass is 10.2. The monoisotopic (exact) mass is 263 g/mol. The number of halogens is 3. The first-order valence-electron chi connectivity index (χ1n) is 5.30. The van der Waals surface area contributed by atoms with Crippen molar-refractivity contribution in [2.24, 2.45) is 0 Å². The molecule has 0 unspecified atom stereocenters. The Balaban J connectivity index is 2.42. The van der Waals surface area contributed by atoms with Crippen LogP contribution in [0.15, 0.2) is 24.3 Å². The van der Waals surface area contributed by atoms with Gasteiger partial charge in [0.05, 0.1) is 11.6 Å². The molecule has 1 heterocycles. The fraction of sp³-hybridized carbons (Fsp3) is 0.0769. The molecule has 0 aliphatic heterocycles. The maximum Gasteiger partial charge on any atom is 0.152 e. The van der Waals surface area contributed by atoms with Crippen molar-refractivity contribution in [1.29, 1.82) is 5.26 Å². The summed E-state index contributed by atoms with van der Waals surface area (Å²) in [5, 5.41) is 11.2. The summed E-state index contributed by atoms with van der Waals surface area (Å²) in [7, 11) is 0. The normalized spacial score (nSPS) is 10.1. The van der Waals surface area contributed by atoms with E-state index in [1.807, 2.05) is 6.07 Å². The minimum absolute atomic E-state index is 0.112. The average Bonchev–Trinajstić information content (AvgIpc) is 2.33. The Morgan fingerprint density at radius 1 is 1.11 bits per heavy atom. The Bertz CT molecular complexity index is 654. The van der Waals surface area contributed by atoms with E-state index >= 15 is 0 Å². The first-order chi connectivity index (χ1) is 8.99. The van der Waals surface area contributed by atoms with Crippen molar-refractivity contribution in [1.82, 2.24) is 4.98 Å². The third-order valence-corrected chi connectivity index (χ3v) is 2.34. The van der Waals surface area contributed by atoms with E-state index in [0.717, 1.165) is 0 Å². The van der Waals surface area contributed by atoms with Gasteiger partial charge in [0.15, 0.2) is 11.6 Å². The molecule has 0 saturated heterocycles. The van der Waals surface area contributed by atoms with Crippen molar-refractivity contribution in [3.05, 3.63) is 53.0 Å². The van der Waals surface area contributed by atoms with Crippen LogP contribution in [0.5, 0.6) is 0 Å². The highest BCUT2D eigenvalue weighted by Gasteiger charge is 2.12. The Hall–Kier alpha value is -2.55. The van der Waals surface area contributed by atoms with E-state index in [-0.39, 0.29) is 5.82 Å². The summed E-state index contributed by atoms with van der Waals surface area (Å²) in [6.07, 6.45) is 0. The van der Waals surface area contributed by atoms with Gasteiger partial charge in [-0.05, 0) is 19.1 Å². The molecule has 0 fully saturated rings. The molecule has 0 saturated carbocycles. The smallest absolute Gasteiger partial charge is 0.152 e. The van der Waals surface area contributed by atoms with Crippen LogP contribution >= 0.6 is 0 Å². The van der Waals surface area contributed by atoms with E-state index in [2.05, 4.69) is 10.3 Å². The molecule has 2 aromatic rings. The number of hydrogen-bond acceptors (Lipinski definition) is 3. The first-order valence-corrected chi connectivity index (χ1v) is 5.30. The Kier molecular flexibility index (Phi) is 3.38. The number of nitriles is 1. The molecule has 0 radical (unpaired) electrons. The van der Waals surface area contributed by atoms with Gasteiger partial charge in [-0.15, -0.1) is 0 Å². The summed E-state index contributed by atoms with van der Waals surface area (Å²) < 4.78 is 39.7. The van der Waals surface area contributed by atoms with E-state index in [1.54, 1.807) is 6.92 Å². The number of nitrogens with one attached hydrogen (secondary N) is 1. The van der Waals surface area contributed by atoms with Gasteiger partial charge in [0.25, 0.3) is 0 Å². The molecule has 0 bridgehead atoms. The van der Waals surface area contributed by atoms with E-state index in [9.17, 15) is 13.2 Å². The van der Waals surface area contributed by atoms with E-state index < -0.39 is 23.1 Å². The van der Waals surface area contributed by atoms with Crippen molar-refractivity contribution in [3.63, 3.8) is 0 Å². The minimum atomic E-state index is -1.07. The zero-order valence-corrected chi connectivity index (χ0v) is 9.84. The number of aryl methyl sites for hydroxylation is 1. The number of benzene rings is 1. The highest BCUT2D eigenvalue weighted by atomic mass is 19.1. The lowest BCUT2D eigenvalue weighted by molar-refractivity contribution is 0.548. The van der Waals surface area contributed by atoms with E-state index in [1.165, 1.54) is 12.1 Å². The second-order valence-electron chi connectivity index (χ2n) is 3.86. The lowest BCUT2D eigenvalue weighted by Crippen LogP contribution is -2.01. The van der Waals surface area contributed by atoms with Crippen LogP contribution in [0.1, 0.15) is 11.3 Å². The number of rotatable bonds is 2. The molecule has 2 rings (SSSR count). The molecule has 6 heteroatoms. The SMILES string of the molecule is Cc1cc(C#N)cc(Nc2c(F)cc(F)cc2F)n1. The Morgan fingerprint density at radius 3 is 2.32 bits per heavy atom. The number of anilines is 2. The fourth-order valence-electron chi connectivity index (χ4n) is 1.59. The third kappa shape index (κ3) is 2.83. The number of nitrogens with zero attached hydrogens (tertiary/aromatic N) is 2. The predicted molar refractivity (Wildman–Crippen MR) is 63.3 cm³/mol. The van der Waals surface area contributed by atoms with Gasteiger partial charge in [-0.25, -0.2) is 18.2 Å². The van der Waals surface area contributed by atoms with Crippen LogP contribution < -0.4 is 5.32 Å². The van der Waals surface area contributed by atoms with Crippen LogP contribution in [-0.4, -0.2) is 4.98 Å². The number of hydrogen-bond donors (Lipinski definition) is 1. The van der Waals surface area contributed by atoms with Gasteiger partial charge in [0.2, 0.25) is 0 Å². The third-order valence-electron chi connectivity index (χ3n) is 2.34. The fourth-order valence-corrected chi connectivity index (χ4v) is 1.59. The van der Waals surface area contributed by atoms with Crippen LogP contribution in [0.3, 0.4) is 0 Å². The van der Waals surface area contributed by atoms with Gasteiger partial charge in [0.1, 0.15) is 17.3 Å². The zero-order chi connectivity index (χ0) is 14.0.